The Hall–Kier alpha value is -6.68. The van der Waals surface area contributed by atoms with Gasteiger partial charge in [0, 0.05) is 53.4 Å². The summed E-state index contributed by atoms with van der Waals surface area (Å²) in [5.41, 5.74) is 9.43. The van der Waals surface area contributed by atoms with Crippen LogP contribution in [0.4, 0.5) is 17.1 Å². The highest BCUT2D eigenvalue weighted by Crippen LogP contribution is 2.43. The molecule has 0 amide bonds. The van der Waals surface area contributed by atoms with Crippen molar-refractivity contribution >= 4 is 91.9 Å². The van der Waals surface area contributed by atoms with Crippen LogP contribution >= 0.6 is 11.3 Å². The Morgan fingerprint density at radius 2 is 0.981 bits per heavy atom. The van der Waals surface area contributed by atoms with Gasteiger partial charge in [-0.25, -0.2) is 0 Å². The van der Waals surface area contributed by atoms with Crippen molar-refractivity contribution in [1.82, 2.24) is 4.57 Å². The van der Waals surface area contributed by atoms with E-state index in [0.717, 1.165) is 11.4 Å². The highest BCUT2D eigenvalue weighted by molar-refractivity contribution is 7.25. The zero-order valence-corrected chi connectivity index (χ0v) is 29.6. The third-order valence-corrected chi connectivity index (χ3v) is 11.9. The zero-order chi connectivity index (χ0) is 34.9. The third kappa shape index (κ3) is 4.78. The molecule has 0 aliphatic carbocycles. The number of hydrogen-bond acceptors (Lipinski definition) is 2. The molecule has 9 aromatic carbocycles. The van der Waals surface area contributed by atoms with Gasteiger partial charge in [-0.1, -0.05) is 127 Å². The smallest absolute Gasteiger partial charge is 0.0546 e. The molecule has 0 saturated heterocycles. The lowest BCUT2D eigenvalue weighted by Crippen LogP contribution is -2.10. The van der Waals surface area contributed by atoms with Gasteiger partial charge < -0.3 is 9.47 Å². The van der Waals surface area contributed by atoms with Crippen LogP contribution in [-0.2, 0) is 0 Å². The Labute approximate surface area is 311 Å². The maximum Gasteiger partial charge on any atom is 0.0546 e. The summed E-state index contributed by atoms with van der Waals surface area (Å²) in [5.74, 6) is 0. The Kier molecular flexibility index (Phi) is 6.76. The molecule has 11 rings (SSSR count). The van der Waals surface area contributed by atoms with Crippen LogP contribution in [0.2, 0.25) is 0 Å². The predicted octanol–water partition coefficient (Wildman–Crippen LogP) is 14.6. The zero-order valence-electron chi connectivity index (χ0n) is 28.8. The summed E-state index contributed by atoms with van der Waals surface area (Å²) in [6.45, 7) is 0. The van der Waals surface area contributed by atoms with E-state index in [1.54, 1.807) is 0 Å². The third-order valence-electron chi connectivity index (χ3n) is 10.8. The Balaban J connectivity index is 1.03. The van der Waals surface area contributed by atoms with Gasteiger partial charge in [-0.15, -0.1) is 11.3 Å². The fraction of sp³-hybridized carbons (Fsp3) is 0. The summed E-state index contributed by atoms with van der Waals surface area (Å²) in [6.07, 6.45) is 0. The monoisotopic (exact) mass is 692 g/mol. The molecular weight excluding hydrogens is 661 g/mol. The first-order valence-corrected chi connectivity index (χ1v) is 18.9. The summed E-state index contributed by atoms with van der Waals surface area (Å²) in [7, 11) is 0. The molecule has 248 valence electrons. The van der Waals surface area contributed by atoms with E-state index >= 15 is 0 Å². The molecule has 0 unspecified atom stereocenters. The molecule has 2 nitrogen and oxygen atoms in total. The highest BCUT2D eigenvalue weighted by Gasteiger charge is 2.18. The second-order valence-corrected chi connectivity index (χ2v) is 14.8. The quantitative estimate of drug-likeness (QED) is 0.163. The van der Waals surface area contributed by atoms with Crippen molar-refractivity contribution in [2.24, 2.45) is 0 Å². The SMILES string of the molecule is c1ccc(N(c2ccc(-c3ccc4c(c3)c3ccccc3n4-c3ccc4c(c3)sc3ccccc34)cc2)c2cc3ccccc3c3ccccc23)cc1. The van der Waals surface area contributed by atoms with Crippen molar-refractivity contribution in [3.63, 3.8) is 0 Å². The molecule has 0 saturated carbocycles. The Morgan fingerprint density at radius 3 is 1.83 bits per heavy atom. The first-order chi connectivity index (χ1) is 26.3. The normalized spacial score (nSPS) is 11.8. The van der Waals surface area contributed by atoms with Gasteiger partial charge in [0.1, 0.15) is 0 Å². The van der Waals surface area contributed by atoms with E-state index in [1.807, 2.05) is 11.3 Å². The number of benzene rings is 9. The molecule has 0 N–H and O–H groups in total. The molecule has 2 heterocycles. The van der Waals surface area contributed by atoms with Gasteiger partial charge in [-0.3, -0.25) is 0 Å². The predicted molar refractivity (Wildman–Crippen MR) is 229 cm³/mol. The van der Waals surface area contributed by atoms with E-state index in [-0.39, 0.29) is 0 Å². The van der Waals surface area contributed by atoms with Gasteiger partial charge in [0.15, 0.2) is 0 Å². The largest absolute Gasteiger partial charge is 0.310 e. The van der Waals surface area contributed by atoms with Crippen molar-refractivity contribution in [3.05, 3.63) is 194 Å². The van der Waals surface area contributed by atoms with Gasteiger partial charge in [0.2, 0.25) is 0 Å². The number of aromatic nitrogens is 1. The fourth-order valence-electron chi connectivity index (χ4n) is 8.31. The first kappa shape index (κ1) is 30.0. The van der Waals surface area contributed by atoms with E-state index in [4.69, 9.17) is 0 Å². The van der Waals surface area contributed by atoms with Crippen LogP contribution in [0.25, 0.3) is 80.3 Å². The van der Waals surface area contributed by atoms with Crippen LogP contribution in [0.1, 0.15) is 0 Å². The second-order valence-electron chi connectivity index (χ2n) is 13.7. The van der Waals surface area contributed by atoms with E-state index in [1.165, 1.54) is 86.0 Å². The Morgan fingerprint density at radius 1 is 0.358 bits per heavy atom. The number of rotatable bonds is 5. The minimum absolute atomic E-state index is 1.12. The van der Waals surface area contributed by atoms with Gasteiger partial charge >= 0.3 is 0 Å². The van der Waals surface area contributed by atoms with Crippen LogP contribution in [-0.4, -0.2) is 4.57 Å². The molecule has 11 aromatic rings. The summed E-state index contributed by atoms with van der Waals surface area (Å²) >= 11 is 1.87. The number of fused-ring (bicyclic) bond motifs is 9. The Bertz CT molecular complexity index is 3170. The second kappa shape index (κ2) is 11.9. The van der Waals surface area contributed by atoms with E-state index < -0.39 is 0 Å². The summed E-state index contributed by atoms with van der Waals surface area (Å²) in [5, 5.41) is 10.2. The van der Waals surface area contributed by atoms with Gasteiger partial charge in [-0.2, -0.15) is 0 Å². The van der Waals surface area contributed by atoms with Crippen molar-refractivity contribution in [3.8, 4) is 16.8 Å². The van der Waals surface area contributed by atoms with E-state index in [2.05, 4.69) is 204 Å². The molecule has 53 heavy (non-hydrogen) atoms. The molecule has 0 radical (unpaired) electrons. The number of thiophene rings is 1. The molecule has 0 spiro atoms. The van der Waals surface area contributed by atoms with Gasteiger partial charge in [0.05, 0.1) is 16.7 Å². The minimum Gasteiger partial charge on any atom is -0.310 e. The molecular formula is C50H32N2S. The van der Waals surface area contributed by atoms with Crippen LogP contribution in [0.3, 0.4) is 0 Å². The van der Waals surface area contributed by atoms with E-state index in [0.29, 0.717) is 0 Å². The highest BCUT2D eigenvalue weighted by atomic mass is 32.1. The lowest BCUT2D eigenvalue weighted by atomic mass is 9.98. The number of nitrogens with zero attached hydrogens (tertiary/aromatic N) is 2. The standard InChI is InChI=1S/C50H32N2S/c1-2-13-36(14-3-1)51(48-31-35-12-4-5-15-39(35)40-16-6-7-17-41(40)48)37-25-22-33(23-26-37)34-24-29-47-45(30-34)42-18-8-10-20-46(42)52(47)38-27-28-44-43-19-9-11-21-49(43)53-50(44)32-38/h1-32H. The minimum atomic E-state index is 1.12. The van der Waals surface area contributed by atoms with Gasteiger partial charge in [-0.05, 0) is 94.0 Å². The lowest BCUT2D eigenvalue weighted by Gasteiger charge is -2.27. The average Bonchev–Trinajstić information content (AvgIpc) is 3.76. The number of anilines is 3. The van der Waals surface area contributed by atoms with Crippen molar-refractivity contribution in [1.29, 1.82) is 0 Å². The molecule has 0 aliphatic heterocycles. The summed E-state index contributed by atoms with van der Waals surface area (Å²) in [4.78, 5) is 2.39. The lowest BCUT2D eigenvalue weighted by molar-refractivity contribution is 1.19. The van der Waals surface area contributed by atoms with Crippen molar-refractivity contribution in [2.45, 2.75) is 0 Å². The molecule has 0 bridgehead atoms. The topological polar surface area (TPSA) is 8.17 Å². The average molecular weight is 693 g/mol. The van der Waals surface area contributed by atoms with Crippen molar-refractivity contribution in [2.75, 3.05) is 4.90 Å². The first-order valence-electron chi connectivity index (χ1n) is 18.1. The van der Waals surface area contributed by atoms with Gasteiger partial charge in [0.25, 0.3) is 0 Å². The fourth-order valence-corrected chi connectivity index (χ4v) is 9.45. The molecule has 3 heteroatoms. The maximum absolute atomic E-state index is 2.42. The summed E-state index contributed by atoms with van der Waals surface area (Å²) in [6, 6.07) is 70.9. The van der Waals surface area contributed by atoms with Crippen LogP contribution < -0.4 is 4.90 Å². The number of hydrogen-bond donors (Lipinski definition) is 0. The van der Waals surface area contributed by atoms with E-state index in [9.17, 15) is 0 Å². The molecule has 2 aromatic heterocycles. The maximum atomic E-state index is 2.42. The number of para-hydroxylation sites is 2. The van der Waals surface area contributed by atoms with Crippen molar-refractivity contribution < 1.29 is 0 Å². The molecule has 0 fully saturated rings. The van der Waals surface area contributed by atoms with Crippen LogP contribution in [0.15, 0.2) is 194 Å². The summed E-state index contributed by atoms with van der Waals surface area (Å²) < 4.78 is 5.06. The molecule has 0 atom stereocenters. The van der Waals surface area contributed by atoms with Crippen LogP contribution in [0, 0.1) is 0 Å². The van der Waals surface area contributed by atoms with Crippen LogP contribution in [0.5, 0.6) is 0 Å². The molecule has 0 aliphatic rings.